The van der Waals surface area contributed by atoms with Gasteiger partial charge < -0.3 is 14.9 Å². The Morgan fingerprint density at radius 1 is 1.33 bits per heavy atom. The van der Waals surface area contributed by atoms with Gasteiger partial charge in [-0.15, -0.1) is 0 Å². The van der Waals surface area contributed by atoms with Gasteiger partial charge in [0.1, 0.15) is 23.1 Å². The zero-order valence-corrected chi connectivity index (χ0v) is 11.8. The van der Waals surface area contributed by atoms with E-state index < -0.39 is 17.9 Å². The first kappa shape index (κ1) is 14.8. The summed E-state index contributed by atoms with van der Waals surface area (Å²) >= 11 is 0. The number of nitrogens with one attached hydrogen (secondary N) is 1. The fourth-order valence-electron chi connectivity index (χ4n) is 1.92. The van der Waals surface area contributed by atoms with E-state index in [-0.39, 0.29) is 5.56 Å². The van der Waals surface area contributed by atoms with Crippen molar-refractivity contribution in [1.82, 2.24) is 10.5 Å². The van der Waals surface area contributed by atoms with Crippen molar-refractivity contribution in [2.24, 2.45) is 0 Å². The molecule has 1 heterocycles. The van der Waals surface area contributed by atoms with Gasteiger partial charge in [-0.05, 0) is 6.92 Å². The maximum absolute atomic E-state index is 12.3. The number of benzene rings is 1. The van der Waals surface area contributed by atoms with E-state index in [4.69, 9.17) is 9.63 Å². The smallest absolute Gasteiger partial charge is 0.325 e. The monoisotopic (exact) mass is 288 g/mol. The van der Waals surface area contributed by atoms with E-state index >= 15 is 0 Å². The fraction of sp³-hybridized carbons (Fsp3) is 0.267. The summed E-state index contributed by atoms with van der Waals surface area (Å²) in [4.78, 5) is 23.2. The van der Waals surface area contributed by atoms with Crippen LogP contribution in [0.4, 0.5) is 0 Å². The zero-order chi connectivity index (χ0) is 15.4. The first-order chi connectivity index (χ1) is 10.0. The number of carbonyl (C=O) groups excluding carboxylic acids is 1. The van der Waals surface area contributed by atoms with Crippen molar-refractivity contribution in [3.05, 3.63) is 41.7 Å². The van der Waals surface area contributed by atoms with Crippen LogP contribution in [-0.4, -0.2) is 28.2 Å². The third-order valence-corrected chi connectivity index (χ3v) is 3.08. The molecule has 0 fully saturated rings. The van der Waals surface area contributed by atoms with Gasteiger partial charge in [0.25, 0.3) is 5.91 Å². The largest absolute Gasteiger partial charge is 0.480 e. The molecule has 1 unspecified atom stereocenters. The number of carboxylic acid groups (broad SMARTS) is 1. The van der Waals surface area contributed by atoms with Gasteiger partial charge >= 0.3 is 5.97 Å². The van der Waals surface area contributed by atoms with Gasteiger partial charge in [-0.3, -0.25) is 9.59 Å². The molecule has 6 nitrogen and oxygen atoms in total. The van der Waals surface area contributed by atoms with Gasteiger partial charge in [-0.2, -0.15) is 0 Å². The number of nitrogens with zero attached hydrogens (tertiary/aromatic N) is 1. The predicted octanol–water partition coefficient (Wildman–Crippen LogP) is 2.11. The van der Waals surface area contributed by atoms with Crippen molar-refractivity contribution in [2.75, 3.05) is 0 Å². The quantitative estimate of drug-likeness (QED) is 0.879. The van der Waals surface area contributed by atoms with E-state index in [9.17, 15) is 9.59 Å². The molecule has 1 amide bonds. The van der Waals surface area contributed by atoms with Crippen LogP contribution in [-0.2, 0) is 11.2 Å². The summed E-state index contributed by atoms with van der Waals surface area (Å²) in [5.74, 6) is -1.16. The lowest BCUT2D eigenvalue weighted by Crippen LogP contribution is -2.38. The van der Waals surface area contributed by atoms with Crippen LogP contribution >= 0.6 is 0 Å². The van der Waals surface area contributed by atoms with Crippen molar-refractivity contribution in [3.63, 3.8) is 0 Å². The minimum Gasteiger partial charge on any atom is -0.480 e. The van der Waals surface area contributed by atoms with Crippen LogP contribution < -0.4 is 5.32 Å². The highest BCUT2D eigenvalue weighted by Gasteiger charge is 2.25. The van der Waals surface area contributed by atoms with Crippen LogP contribution in [0.5, 0.6) is 0 Å². The Bertz CT molecular complexity index is 649. The standard InChI is InChI=1S/C15H16N2O4/c1-3-11-12(14(18)16-9(2)15(19)20)13(17-21-11)10-7-5-4-6-8-10/h4-9H,3H2,1-2H3,(H,16,18)(H,19,20). The highest BCUT2D eigenvalue weighted by atomic mass is 16.5. The number of aliphatic carboxylic acids is 1. The first-order valence-corrected chi connectivity index (χ1v) is 6.62. The van der Waals surface area contributed by atoms with Gasteiger partial charge in [0.2, 0.25) is 0 Å². The molecule has 1 atom stereocenters. The van der Waals surface area contributed by atoms with Crippen LogP contribution in [0.3, 0.4) is 0 Å². The predicted molar refractivity (Wildman–Crippen MR) is 75.9 cm³/mol. The molecule has 1 aromatic carbocycles. The minimum atomic E-state index is -1.10. The number of aromatic nitrogens is 1. The van der Waals surface area contributed by atoms with Crippen molar-refractivity contribution >= 4 is 11.9 Å². The summed E-state index contributed by atoms with van der Waals surface area (Å²) in [6.07, 6.45) is 0.490. The van der Waals surface area contributed by atoms with E-state index in [1.54, 1.807) is 0 Å². The van der Waals surface area contributed by atoms with E-state index in [2.05, 4.69) is 10.5 Å². The molecular weight excluding hydrogens is 272 g/mol. The highest BCUT2D eigenvalue weighted by Crippen LogP contribution is 2.25. The van der Waals surface area contributed by atoms with Gasteiger partial charge in [-0.1, -0.05) is 42.4 Å². The van der Waals surface area contributed by atoms with Gasteiger partial charge in [-0.25, -0.2) is 0 Å². The summed E-state index contributed by atoms with van der Waals surface area (Å²) in [5, 5.41) is 15.3. The fourth-order valence-corrected chi connectivity index (χ4v) is 1.92. The third kappa shape index (κ3) is 3.10. The topological polar surface area (TPSA) is 92.4 Å². The van der Waals surface area contributed by atoms with Crippen molar-refractivity contribution < 1.29 is 19.2 Å². The molecule has 110 valence electrons. The Balaban J connectivity index is 2.40. The highest BCUT2D eigenvalue weighted by molar-refractivity contribution is 6.02. The number of hydrogen-bond donors (Lipinski definition) is 2. The van der Waals surface area contributed by atoms with E-state index in [1.807, 2.05) is 37.3 Å². The summed E-state index contributed by atoms with van der Waals surface area (Å²) < 4.78 is 5.20. The second kappa shape index (κ2) is 6.21. The molecule has 0 aliphatic heterocycles. The summed E-state index contributed by atoms with van der Waals surface area (Å²) in [6.45, 7) is 3.24. The molecule has 6 heteroatoms. The molecule has 0 aliphatic carbocycles. The van der Waals surface area contributed by atoms with Crippen LogP contribution in [0.1, 0.15) is 30.0 Å². The molecule has 0 saturated carbocycles. The molecule has 0 radical (unpaired) electrons. The molecule has 0 spiro atoms. The summed E-state index contributed by atoms with van der Waals surface area (Å²) in [5.41, 5.74) is 1.45. The molecule has 2 rings (SSSR count). The molecule has 0 bridgehead atoms. The van der Waals surface area contributed by atoms with Crippen molar-refractivity contribution in [3.8, 4) is 11.3 Å². The Morgan fingerprint density at radius 2 is 2.00 bits per heavy atom. The second-order valence-electron chi connectivity index (χ2n) is 4.58. The number of carbonyl (C=O) groups is 2. The number of aryl methyl sites for hydroxylation is 1. The number of rotatable bonds is 5. The Labute approximate surface area is 121 Å². The Morgan fingerprint density at radius 3 is 2.57 bits per heavy atom. The molecule has 0 aliphatic rings. The lowest BCUT2D eigenvalue weighted by molar-refractivity contribution is -0.138. The third-order valence-electron chi connectivity index (χ3n) is 3.08. The normalized spacial score (nSPS) is 11.9. The van der Waals surface area contributed by atoms with Gasteiger partial charge in [0.05, 0.1) is 0 Å². The molecule has 1 aromatic heterocycles. The average Bonchev–Trinajstić information content (AvgIpc) is 2.91. The SMILES string of the molecule is CCc1onc(-c2ccccc2)c1C(=O)NC(C)C(=O)O. The number of carboxylic acids is 1. The average molecular weight is 288 g/mol. The molecule has 2 aromatic rings. The Hall–Kier alpha value is -2.63. The van der Waals surface area contributed by atoms with Gasteiger partial charge in [0.15, 0.2) is 0 Å². The maximum atomic E-state index is 12.3. The molecule has 2 N–H and O–H groups in total. The zero-order valence-electron chi connectivity index (χ0n) is 11.8. The number of amides is 1. The van der Waals surface area contributed by atoms with E-state index in [1.165, 1.54) is 6.92 Å². The maximum Gasteiger partial charge on any atom is 0.325 e. The number of hydrogen-bond acceptors (Lipinski definition) is 4. The van der Waals surface area contributed by atoms with Crippen LogP contribution in [0, 0.1) is 0 Å². The summed E-state index contributed by atoms with van der Waals surface area (Å²) in [6, 6.07) is 8.16. The van der Waals surface area contributed by atoms with Crippen LogP contribution in [0.15, 0.2) is 34.9 Å². The first-order valence-electron chi connectivity index (χ1n) is 6.62. The summed E-state index contributed by atoms with van der Waals surface area (Å²) in [7, 11) is 0. The van der Waals surface area contributed by atoms with Crippen molar-refractivity contribution in [1.29, 1.82) is 0 Å². The lowest BCUT2D eigenvalue weighted by Gasteiger charge is -2.09. The Kier molecular flexibility index (Phi) is 4.37. The van der Waals surface area contributed by atoms with Crippen LogP contribution in [0.2, 0.25) is 0 Å². The minimum absolute atomic E-state index is 0.289. The lowest BCUT2D eigenvalue weighted by atomic mass is 10.0. The molecular formula is C15H16N2O4. The molecule has 0 saturated heterocycles. The van der Waals surface area contributed by atoms with E-state index in [0.717, 1.165) is 5.56 Å². The van der Waals surface area contributed by atoms with Gasteiger partial charge in [0, 0.05) is 12.0 Å². The van der Waals surface area contributed by atoms with Crippen molar-refractivity contribution in [2.45, 2.75) is 26.3 Å². The van der Waals surface area contributed by atoms with Crippen LogP contribution in [0.25, 0.3) is 11.3 Å². The molecule has 21 heavy (non-hydrogen) atoms. The second-order valence-corrected chi connectivity index (χ2v) is 4.58. The van der Waals surface area contributed by atoms with E-state index in [0.29, 0.717) is 17.9 Å².